The van der Waals surface area contributed by atoms with Gasteiger partial charge in [-0.05, 0) is 25.2 Å². The van der Waals surface area contributed by atoms with Gasteiger partial charge in [-0.3, -0.25) is 14.9 Å². The zero-order chi connectivity index (χ0) is 26.3. The van der Waals surface area contributed by atoms with Crippen molar-refractivity contribution in [1.29, 1.82) is 0 Å². The Kier molecular flexibility index (Phi) is 6.80. The first-order valence-corrected chi connectivity index (χ1v) is 11.9. The Hall–Kier alpha value is -3.44. The number of amides is 1. The molecule has 0 atom stereocenters. The lowest BCUT2D eigenvalue weighted by molar-refractivity contribution is -0.385. The van der Waals surface area contributed by atoms with Crippen LogP contribution >= 0.6 is 0 Å². The number of halogens is 3. The van der Waals surface area contributed by atoms with E-state index in [1.165, 1.54) is 12.1 Å². The van der Waals surface area contributed by atoms with Gasteiger partial charge in [-0.2, -0.15) is 4.98 Å². The predicted molar refractivity (Wildman–Crippen MR) is 129 cm³/mol. The minimum absolute atomic E-state index is 0.0658. The molecule has 1 N–H and O–H groups in total. The number of nitrogens with one attached hydrogen (secondary N) is 1. The first-order chi connectivity index (χ1) is 16.8. The second-order valence-corrected chi connectivity index (χ2v) is 10.2. The number of aryl methyl sites for hydroxylation is 1. The Morgan fingerprint density at radius 1 is 1.03 bits per heavy atom. The molecule has 1 aromatic carbocycles. The van der Waals surface area contributed by atoms with E-state index in [1.807, 2.05) is 0 Å². The van der Waals surface area contributed by atoms with Gasteiger partial charge in [0.25, 0.3) is 17.5 Å². The van der Waals surface area contributed by atoms with Gasteiger partial charge in [-0.1, -0.05) is 13.8 Å². The van der Waals surface area contributed by atoms with Crippen LogP contribution in [0.4, 0.5) is 36.3 Å². The van der Waals surface area contributed by atoms with E-state index in [9.17, 15) is 23.7 Å². The molecule has 12 heteroatoms. The molecule has 0 spiro atoms. The van der Waals surface area contributed by atoms with E-state index in [1.54, 1.807) is 16.7 Å². The molecule has 2 aliphatic heterocycles. The summed E-state index contributed by atoms with van der Waals surface area (Å²) >= 11 is 0. The highest BCUT2D eigenvalue weighted by Gasteiger charge is 2.35. The molecule has 1 aromatic heterocycles. The lowest BCUT2D eigenvalue weighted by Crippen LogP contribution is -2.40. The van der Waals surface area contributed by atoms with Crippen LogP contribution in [-0.2, 0) is 0 Å². The van der Waals surface area contributed by atoms with E-state index in [0.717, 1.165) is 18.9 Å². The van der Waals surface area contributed by atoms with Gasteiger partial charge in [0.2, 0.25) is 5.95 Å². The van der Waals surface area contributed by atoms with Crippen molar-refractivity contribution >= 4 is 29.0 Å². The van der Waals surface area contributed by atoms with Crippen LogP contribution in [-0.4, -0.2) is 52.9 Å². The van der Waals surface area contributed by atoms with E-state index in [2.05, 4.69) is 29.1 Å². The van der Waals surface area contributed by atoms with Crippen LogP contribution in [0.25, 0.3) is 0 Å². The third-order valence-electron chi connectivity index (χ3n) is 6.81. The van der Waals surface area contributed by atoms with Crippen molar-refractivity contribution in [3.05, 3.63) is 45.4 Å². The summed E-state index contributed by atoms with van der Waals surface area (Å²) in [6.07, 6.45) is 0.912. The summed E-state index contributed by atoms with van der Waals surface area (Å²) in [5.74, 6) is -4.26. The van der Waals surface area contributed by atoms with Gasteiger partial charge in [-0.15, -0.1) is 0 Å². The maximum atomic E-state index is 15.1. The Morgan fingerprint density at radius 2 is 1.64 bits per heavy atom. The number of piperidine rings is 2. The number of alkyl halides is 2. The van der Waals surface area contributed by atoms with Crippen molar-refractivity contribution < 1.29 is 22.9 Å². The lowest BCUT2D eigenvalue weighted by Gasteiger charge is -2.38. The Balaban J connectivity index is 1.63. The number of hydrogen-bond donors (Lipinski definition) is 1. The number of rotatable bonds is 5. The molecular formula is C24H29F3N6O3. The molecule has 2 aliphatic rings. The van der Waals surface area contributed by atoms with Crippen LogP contribution in [0, 0.1) is 28.3 Å². The average Bonchev–Trinajstić information content (AvgIpc) is 2.78. The quantitative estimate of drug-likeness (QED) is 0.452. The smallest absolute Gasteiger partial charge is 0.274 e. The Labute approximate surface area is 206 Å². The SMILES string of the molecule is Cc1cc(NC(=O)c2c(F)cc([N+](=O)[O-])cc2N2CCC(C)(C)CC2)nc(N2CCC(F)(F)CC2)n1. The van der Waals surface area contributed by atoms with Crippen LogP contribution in [0.1, 0.15) is 55.6 Å². The first-order valence-electron chi connectivity index (χ1n) is 11.9. The molecule has 0 radical (unpaired) electrons. The van der Waals surface area contributed by atoms with Crippen molar-refractivity contribution in [1.82, 2.24) is 9.97 Å². The molecule has 2 saturated heterocycles. The maximum absolute atomic E-state index is 15.1. The van der Waals surface area contributed by atoms with Gasteiger partial charge in [-0.25, -0.2) is 18.2 Å². The Bertz CT molecular complexity index is 1170. The summed E-state index contributed by atoms with van der Waals surface area (Å²) in [6, 6.07) is 3.45. The highest BCUT2D eigenvalue weighted by atomic mass is 19.3. The van der Waals surface area contributed by atoms with Gasteiger partial charge >= 0.3 is 0 Å². The number of anilines is 3. The molecule has 3 heterocycles. The summed E-state index contributed by atoms with van der Waals surface area (Å²) in [4.78, 5) is 36.0. The highest BCUT2D eigenvalue weighted by molar-refractivity contribution is 6.08. The summed E-state index contributed by atoms with van der Waals surface area (Å²) in [5.41, 5.74) is -0.0261. The fourth-order valence-electron chi connectivity index (χ4n) is 4.48. The zero-order valence-electron chi connectivity index (χ0n) is 20.5. The zero-order valence-corrected chi connectivity index (χ0v) is 20.5. The largest absolute Gasteiger partial charge is 0.371 e. The van der Waals surface area contributed by atoms with Crippen molar-refractivity contribution in [2.24, 2.45) is 5.41 Å². The number of aromatic nitrogens is 2. The number of non-ortho nitro benzene ring substituents is 1. The molecule has 36 heavy (non-hydrogen) atoms. The third-order valence-corrected chi connectivity index (χ3v) is 6.81. The van der Waals surface area contributed by atoms with Crippen LogP contribution in [0.3, 0.4) is 0 Å². The maximum Gasteiger partial charge on any atom is 0.274 e. The lowest BCUT2D eigenvalue weighted by atomic mass is 9.82. The first kappa shape index (κ1) is 25.6. The molecule has 0 aliphatic carbocycles. The number of nitro benzene ring substituents is 1. The number of benzene rings is 1. The number of carbonyl (C=O) groups is 1. The number of carbonyl (C=O) groups excluding carboxylic acids is 1. The van der Waals surface area contributed by atoms with Crippen molar-refractivity contribution in [3.8, 4) is 0 Å². The normalized spacial score (nSPS) is 19.2. The second kappa shape index (κ2) is 9.55. The topological polar surface area (TPSA) is 104 Å². The molecule has 0 saturated carbocycles. The van der Waals surface area contributed by atoms with Gasteiger partial charge in [0, 0.05) is 56.8 Å². The summed E-state index contributed by atoms with van der Waals surface area (Å²) in [5, 5.41) is 14.0. The van der Waals surface area contributed by atoms with Crippen molar-refractivity contribution in [2.75, 3.05) is 41.3 Å². The van der Waals surface area contributed by atoms with Crippen molar-refractivity contribution in [2.45, 2.75) is 52.4 Å². The molecule has 194 valence electrons. The molecule has 0 bridgehead atoms. The van der Waals surface area contributed by atoms with Crippen LogP contribution in [0.15, 0.2) is 18.2 Å². The van der Waals surface area contributed by atoms with Gasteiger partial charge in [0.1, 0.15) is 11.6 Å². The van der Waals surface area contributed by atoms with Crippen LogP contribution in [0.5, 0.6) is 0 Å². The molecule has 0 unspecified atom stereocenters. The van der Waals surface area contributed by atoms with E-state index < -0.39 is 28.3 Å². The van der Waals surface area contributed by atoms with E-state index >= 15 is 4.39 Å². The number of hydrogen-bond acceptors (Lipinski definition) is 7. The monoisotopic (exact) mass is 506 g/mol. The van der Waals surface area contributed by atoms with E-state index in [-0.39, 0.29) is 54.4 Å². The number of nitro groups is 1. The van der Waals surface area contributed by atoms with Crippen molar-refractivity contribution in [3.63, 3.8) is 0 Å². The summed E-state index contributed by atoms with van der Waals surface area (Å²) in [6.45, 7) is 7.07. The molecule has 1 amide bonds. The molecule has 2 aromatic rings. The Morgan fingerprint density at radius 3 is 2.25 bits per heavy atom. The molecule has 9 nitrogen and oxygen atoms in total. The average molecular weight is 507 g/mol. The van der Waals surface area contributed by atoms with Crippen LogP contribution in [0.2, 0.25) is 0 Å². The van der Waals surface area contributed by atoms with Crippen LogP contribution < -0.4 is 15.1 Å². The third kappa shape index (κ3) is 5.68. The fourth-order valence-corrected chi connectivity index (χ4v) is 4.48. The van der Waals surface area contributed by atoms with Gasteiger partial charge in [0.05, 0.1) is 22.2 Å². The van der Waals surface area contributed by atoms with E-state index in [0.29, 0.717) is 18.8 Å². The summed E-state index contributed by atoms with van der Waals surface area (Å²) < 4.78 is 42.3. The molecule has 4 rings (SSSR count). The van der Waals surface area contributed by atoms with E-state index in [4.69, 9.17) is 0 Å². The molecular weight excluding hydrogens is 477 g/mol. The predicted octanol–water partition coefficient (Wildman–Crippen LogP) is 4.95. The number of nitrogens with zero attached hydrogens (tertiary/aromatic N) is 5. The van der Waals surface area contributed by atoms with Gasteiger partial charge < -0.3 is 15.1 Å². The fraction of sp³-hybridized carbons (Fsp3) is 0.542. The minimum Gasteiger partial charge on any atom is -0.371 e. The second-order valence-electron chi connectivity index (χ2n) is 10.2. The summed E-state index contributed by atoms with van der Waals surface area (Å²) in [7, 11) is 0. The van der Waals surface area contributed by atoms with Gasteiger partial charge in [0.15, 0.2) is 0 Å². The molecule has 2 fully saturated rings. The standard InChI is InChI=1S/C24H29F3N6O3/c1-15-12-19(30-22(28-15)32-10-6-24(26,27)7-11-32)29-21(34)20-17(25)13-16(33(35)36)14-18(20)31-8-4-23(2,3)5-9-31/h12-14H,4-11H2,1-3H3,(H,28,29,30,34). The highest BCUT2D eigenvalue weighted by Crippen LogP contribution is 2.36. The minimum atomic E-state index is -2.73.